The molecule has 0 fully saturated rings. The maximum Gasteiger partial charge on any atom is 0.179 e. The average Bonchev–Trinajstić information content (AvgIpc) is 3.23. The summed E-state index contributed by atoms with van der Waals surface area (Å²) in [4.78, 5) is 0. The van der Waals surface area contributed by atoms with Crippen molar-refractivity contribution in [2.45, 2.75) is 0 Å². The molecule has 0 heterocycles. The Balaban J connectivity index is 1.25. The van der Waals surface area contributed by atoms with E-state index in [1.807, 2.05) is 0 Å². The highest BCUT2D eigenvalue weighted by Gasteiger charge is 2.41. The second-order valence-electron chi connectivity index (χ2n) is 14.0. The van der Waals surface area contributed by atoms with Crippen molar-refractivity contribution in [3.8, 4) is 22.3 Å². The third-order valence-corrected chi connectivity index (χ3v) is 15.9. The van der Waals surface area contributed by atoms with Gasteiger partial charge < -0.3 is 0 Å². The first kappa shape index (κ1) is 31.2. The molecular weight excluding hydrogens is 653 g/mol. The van der Waals surface area contributed by atoms with Crippen molar-refractivity contribution in [2.24, 2.45) is 0 Å². The fourth-order valence-corrected chi connectivity index (χ4v) is 13.6. The molecular formula is C52H36Si. The summed E-state index contributed by atoms with van der Waals surface area (Å²) in [5.74, 6) is 0. The van der Waals surface area contributed by atoms with Crippen molar-refractivity contribution < 1.29 is 0 Å². The average molecular weight is 689 g/mol. The quantitative estimate of drug-likeness (QED) is 0.0927. The first-order chi connectivity index (χ1) is 26.3. The minimum atomic E-state index is -2.83. The highest BCUT2D eigenvalue weighted by molar-refractivity contribution is 7.19. The zero-order valence-electron chi connectivity index (χ0n) is 29.3. The van der Waals surface area contributed by atoms with Crippen LogP contribution >= 0.6 is 0 Å². The zero-order valence-corrected chi connectivity index (χ0v) is 30.3. The molecule has 0 N–H and O–H groups in total. The third-order valence-electron chi connectivity index (χ3n) is 11.1. The number of rotatable bonds is 6. The minimum Gasteiger partial charge on any atom is -0.0623 e. The molecule has 0 unspecified atom stereocenters. The Bertz CT molecular complexity index is 2780. The van der Waals surface area contributed by atoms with Crippen molar-refractivity contribution >= 4 is 71.9 Å². The summed E-state index contributed by atoms with van der Waals surface area (Å²) in [6, 6.07) is 81.5. The maximum absolute atomic E-state index is 2.83. The predicted molar refractivity (Wildman–Crippen MR) is 231 cm³/mol. The molecule has 0 nitrogen and oxygen atoms in total. The van der Waals surface area contributed by atoms with E-state index in [4.69, 9.17) is 0 Å². The SMILES string of the molecule is c1ccc([Si](c2ccccc2)(c2ccc(-c3c4ccccc4cc4ccccc34)cc2)c2cccc(-c3c4ccccc4cc4ccccc34)c2)cc1. The van der Waals surface area contributed by atoms with Gasteiger partial charge in [0.15, 0.2) is 8.07 Å². The van der Waals surface area contributed by atoms with Gasteiger partial charge >= 0.3 is 0 Å². The number of benzene rings is 10. The second kappa shape index (κ2) is 12.9. The van der Waals surface area contributed by atoms with Gasteiger partial charge in [0.1, 0.15) is 0 Å². The molecule has 53 heavy (non-hydrogen) atoms. The molecule has 0 saturated heterocycles. The number of fused-ring (bicyclic) bond motifs is 4. The van der Waals surface area contributed by atoms with E-state index in [0.29, 0.717) is 0 Å². The van der Waals surface area contributed by atoms with Gasteiger partial charge in [0.05, 0.1) is 0 Å². The zero-order chi connectivity index (χ0) is 35.2. The van der Waals surface area contributed by atoms with Crippen molar-refractivity contribution in [1.82, 2.24) is 0 Å². The van der Waals surface area contributed by atoms with Crippen LogP contribution in [0.5, 0.6) is 0 Å². The molecule has 248 valence electrons. The van der Waals surface area contributed by atoms with E-state index < -0.39 is 8.07 Å². The maximum atomic E-state index is 2.51. The van der Waals surface area contributed by atoms with Crippen LogP contribution in [0.25, 0.3) is 65.3 Å². The second-order valence-corrected chi connectivity index (χ2v) is 17.8. The molecule has 1 heteroatoms. The molecule has 0 radical (unpaired) electrons. The van der Waals surface area contributed by atoms with Gasteiger partial charge in [-0.2, -0.15) is 0 Å². The standard InChI is InChI=1S/C52H36Si/c1-3-21-43(22-4-1)53(44-23-5-2-6-24-44,45-32-30-37(31-33-45)51-47-26-11-7-16-38(47)34-39-17-8-12-27-48(39)51)46-25-15-20-42(36-46)52-49-28-13-9-18-40(49)35-41-19-10-14-29-50(41)52/h1-36H. The van der Waals surface area contributed by atoms with Crippen LogP contribution < -0.4 is 20.7 Å². The summed E-state index contributed by atoms with van der Waals surface area (Å²) in [7, 11) is -2.83. The van der Waals surface area contributed by atoms with Crippen molar-refractivity contribution in [3.63, 3.8) is 0 Å². The molecule has 10 rings (SSSR count). The molecule has 0 amide bonds. The Morgan fingerprint density at radius 1 is 0.226 bits per heavy atom. The van der Waals surface area contributed by atoms with E-state index in [1.54, 1.807) is 0 Å². The van der Waals surface area contributed by atoms with E-state index in [2.05, 4.69) is 218 Å². The molecule has 0 saturated carbocycles. The lowest BCUT2D eigenvalue weighted by molar-refractivity contribution is 1.65. The van der Waals surface area contributed by atoms with E-state index in [9.17, 15) is 0 Å². The summed E-state index contributed by atoms with van der Waals surface area (Å²) in [6.45, 7) is 0. The summed E-state index contributed by atoms with van der Waals surface area (Å²) in [5, 5.41) is 15.6. The first-order valence-corrected chi connectivity index (χ1v) is 20.4. The number of hydrogen-bond donors (Lipinski definition) is 0. The van der Waals surface area contributed by atoms with Crippen LogP contribution in [0.3, 0.4) is 0 Å². The Hall–Kier alpha value is -6.54. The fraction of sp³-hybridized carbons (Fsp3) is 0. The van der Waals surface area contributed by atoms with E-state index in [1.165, 1.54) is 86.1 Å². The number of hydrogen-bond acceptors (Lipinski definition) is 0. The largest absolute Gasteiger partial charge is 0.179 e. The minimum absolute atomic E-state index is 1.24. The van der Waals surface area contributed by atoms with Crippen molar-refractivity contribution in [3.05, 3.63) is 218 Å². The summed E-state index contributed by atoms with van der Waals surface area (Å²) >= 11 is 0. The van der Waals surface area contributed by atoms with Gasteiger partial charge in [-0.15, -0.1) is 0 Å². The van der Waals surface area contributed by atoms with Crippen LogP contribution in [-0.2, 0) is 0 Å². The van der Waals surface area contributed by atoms with Gasteiger partial charge in [-0.3, -0.25) is 0 Å². The topological polar surface area (TPSA) is 0 Å². The van der Waals surface area contributed by atoms with E-state index in [-0.39, 0.29) is 0 Å². The van der Waals surface area contributed by atoms with Crippen molar-refractivity contribution in [1.29, 1.82) is 0 Å². The molecule has 0 atom stereocenters. The summed E-state index contributed by atoms with van der Waals surface area (Å²) in [5.41, 5.74) is 5.07. The molecule has 0 aliphatic carbocycles. The summed E-state index contributed by atoms with van der Waals surface area (Å²) < 4.78 is 0. The monoisotopic (exact) mass is 688 g/mol. The van der Waals surface area contributed by atoms with Gasteiger partial charge in [0.2, 0.25) is 0 Å². The molecule has 0 aromatic heterocycles. The van der Waals surface area contributed by atoms with Crippen molar-refractivity contribution in [2.75, 3.05) is 0 Å². The van der Waals surface area contributed by atoms with Crippen LogP contribution in [0.4, 0.5) is 0 Å². The predicted octanol–water partition coefficient (Wildman–Crippen LogP) is 11.0. The third kappa shape index (κ3) is 5.12. The normalized spacial score (nSPS) is 11.8. The van der Waals surface area contributed by atoms with Gasteiger partial charge in [0, 0.05) is 0 Å². The Labute approximate surface area is 311 Å². The van der Waals surface area contributed by atoms with Gasteiger partial charge in [-0.25, -0.2) is 0 Å². The molecule has 0 aliphatic heterocycles. The molecule has 0 bridgehead atoms. The Morgan fingerprint density at radius 2 is 0.585 bits per heavy atom. The van der Waals surface area contributed by atoms with Gasteiger partial charge in [-0.1, -0.05) is 206 Å². The highest BCUT2D eigenvalue weighted by atomic mass is 28.3. The van der Waals surface area contributed by atoms with E-state index >= 15 is 0 Å². The van der Waals surface area contributed by atoms with E-state index in [0.717, 1.165) is 0 Å². The Kier molecular flexibility index (Phi) is 7.60. The lowest BCUT2D eigenvalue weighted by Gasteiger charge is -2.35. The van der Waals surface area contributed by atoms with Crippen LogP contribution in [0.1, 0.15) is 0 Å². The Morgan fingerprint density at radius 3 is 1.04 bits per heavy atom. The molecule has 10 aromatic rings. The van der Waals surface area contributed by atoms with Gasteiger partial charge in [0.25, 0.3) is 0 Å². The molecule has 0 spiro atoms. The van der Waals surface area contributed by atoms with Crippen LogP contribution in [0, 0.1) is 0 Å². The van der Waals surface area contributed by atoms with Gasteiger partial charge in [-0.05, 0) is 98.2 Å². The lowest BCUT2D eigenvalue weighted by Crippen LogP contribution is -2.74. The summed E-state index contributed by atoms with van der Waals surface area (Å²) in [6.07, 6.45) is 0. The highest BCUT2D eigenvalue weighted by Crippen LogP contribution is 2.38. The lowest BCUT2D eigenvalue weighted by atomic mass is 9.92. The molecule has 0 aliphatic rings. The van der Waals surface area contributed by atoms with Crippen LogP contribution in [-0.4, -0.2) is 8.07 Å². The fourth-order valence-electron chi connectivity index (χ4n) is 8.82. The smallest absolute Gasteiger partial charge is 0.0623 e. The molecule has 10 aromatic carbocycles. The van der Waals surface area contributed by atoms with Crippen LogP contribution in [0.2, 0.25) is 0 Å². The first-order valence-electron chi connectivity index (χ1n) is 18.4. The van der Waals surface area contributed by atoms with Crippen LogP contribution in [0.15, 0.2) is 218 Å².